The Kier molecular flexibility index (Phi) is 6.34. The quantitative estimate of drug-likeness (QED) is 0.503. The predicted molar refractivity (Wildman–Crippen MR) is 93.7 cm³/mol. The Morgan fingerprint density at radius 3 is 2.42 bits per heavy atom. The van der Waals surface area contributed by atoms with Crippen LogP contribution in [0.4, 0.5) is 0 Å². The summed E-state index contributed by atoms with van der Waals surface area (Å²) < 4.78 is 10.8. The minimum Gasteiger partial charge on any atom is -0.479 e. The normalized spacial score (nSPS) is 10.3. The van der Waals surface area contributed by atoms with Gasteiger partial charge in [-0.05, 0) is 46.3 Å². The van der Waals surface area contributed by atoms with Crippen molar-refractivity contribution >= 4 is 62.7 Å². The van der Waals surface area contributed by atoms with Crippen LogP contribution in [0.1, 0.15) is 10.4 Å². The van der Waals surface area contributed by atoms with Crippen molar-refractivity contribution in [3.05, 3.63) is 55.4 Å². The highest BCUT2D eigenvalue weighted by Crippen LogP contribution is 2.36. The minimum absolute atomic E-state index is 0.137. The lowest BCUT2D eigenvalue weighted by atomic mass is 10.2. The molecular weight excluding hydrogens is 446 g/mol. The Balaban J connectivity index is 2.09. The highest BCUT2D eigenvalue weighted by molar-refractivity contribution is 9.10. The summed E-state index contributed by atoms with van der Waals surface area (Å²) in [6.45, 7) is -0.484. The van der Waals surface area contributed by atoms with Crippen LogP contribution in [0.3, 0.4) is 0 Å². The molecule has 0 aliphatic rings. The zero-order chi connectivity index (χ0) is 17.9. The lowest BCUT2D eigenvalue weighted by Gasteiger charge is -2.11. The zero-order valence-corrected chi connectivity index (χ0v) is 15.5. The molecule has 0 unspecified atom stereocenters. The molecule has 0 aliphatic heterocycles. The van der Waals surface area contributed by atoms with E-state index >= 15 is 0 Å². The summed E-state index contributed by atoms with van der Waals surface area (Å²) in [5, 5.41) is 9.91. The molecule has 5 nitrogen and oxygen atoms in total. The first-order valence-corrected chi connectivity index (χ1v) is 8.21. The van der Waals surface area contributed by atoms with Gasteiger partial charge in [-0.3, -0.25) is 0 Å². The van der Waals surface area contributed by atoms with Crippen molar-refractivity contribution < 1.29 is 24.2 Å². The van der Waals surface area contributed by atoms with E-state index in [0.717, 1.165) is 0 Å². The summed E-state index contributed by atoms with van der Waals surface area (Å²) in [6, 6.07) is 6.88. The van der Waals surface area contributed by atoms with E-state index < -0.39 is 18.5 Å². The first-order valence-electron chi connectivity index (χ1n) is 6.29. The average molecular weight is 454 g/mol. The molecule has 0 saturated heterocycles. The van der Waals surface area contributed by atoms with E-state index in [4.69, 9.17) is 49.4 Å². The van der Waals surface area contributed by atoms with Crippen LogP contribution >= 0.6 is 50.7 Å². The smallest absolute Gasteiger partial charge is 0.349 e. The maximum atomic E-state index is 11.9. The number of hydrogen-bond donors (Lipinski definition) is 1. The molecule has 0 fully saturated rings. The van der Waals surface area contributed by atoms with Crippen molar-refractivity contribution in [2.24, 2.45) is 0 Å². The molecule has 0 bridgehead atoms. The molecule has 0 spiro atoms. The third-order valence-electron chi connectivity index (χ3n) is 2.69. The van der Waals surface area contributed by atoms with Crippen molar-refractivity contribution in [2.75, 3.05) is 6.61 Å². The van der Waals surface area contributed by atoms with Gasteiger partial charge in [-0.2, -0.15) is 0 Å². The number of halogens is 4. The molecule has 0 saturated carbocycles. The summed E-state index contributed by atoms with van der Waals surface area (Å²) in [6.07, 6.45) is 0. The van der Waals surface area contributed by atoms with Gasteiger partial charge in [-0.15, -0.1) is 0 Å². The lowest BCUT2D eigenvalue weighted by Crippen LogP contribution is -2.19. The molecule has 2 rings (SSSR count). The van der Waals surface area contributed by atoms with E-state index in [-0.39, 0.29) is 27.1 Å². The standard InChI is InChI=1S/C15H8BrCl3O5/c16-10-4-8(18)5-11(19)14(10)23-6-13(20)24-12-2-1-7(17)3-9(12)15(21)22/h1-5H,6H2,(H,21,22). The summed E-state index contributed by atoms with van der Waals surface area (Å²) in [7, 11) is 0. The zero-order valence-electron chi connectivity index (χ0n) is 11.7. The molecule has 2 aromatic rings. The number of esters is 1. The third kappa shape index (κ3) is 4.77. The number of benzene rings is 2. The fraction of sp³-hybridized carbons (Fsp3) is 0.0667. The van der Waals surface area contributed by atoms with Crippen molar-refractivity contribution in [3.63, 3.8) is 0 Å². The van der Waals surface area contributed by atoms with Gasteiger partial charge in [0.1, 0.15) is 11.3 Å². The van der Waals surface area contributed by atoms with Gasteiger partial charge in [0.15, 0.2) is 12.4 Å². The van der Waals surface area contributed by atoms with Gasteiger partial charge < -0.3 is 14.6 Å². The monoisotopic (exact) mass is 452 g/mol. The third-order valence-corrected chi connectivity index (χ3v) is 4.02. The van der Waals surface area contributed by atoms with Crippen molar-refractivity contribution in [3.8, 4) is 11.5 Å². The molecule has 2 aromatic carbocycles. The Morgan fingerprint density at radius 2 is 1.79 bits per heavy atom. The summed E-state index contributed by atoms with van der Waals surface area (Å²) in [4.78, 5) is 23.0. The van der Waals surface area contributed by atoms with Gasteiger partial charge in [0.2, 0.25) is 0 Å². The van der Waals surface area contributed by atoms with E-state index in [1.807, 2.05) is 0 Å². The topological polar surface area (TPSA) is 72.8 Å². The van der Waals surface area contributed by atoms with E-state index in [0.29, 0.717) is 9.50 Å². The Bertz CT molecular complexity index is 787. The van der Waals surface area contributed by atoms with Crippen LogP contribution < -0.4 is 9.47 Å². The number of carbonyl (C=O) groups is 2. The number of carbonyl (C=O) groups excluding carboxylic acids is 1. The first kappa shape index (κ1) is 18.9. The van der Waals surface area contributed by atoms with Gasteiger partial charge in [-0.25, -0.2) is 9.59 Å². The number of ether oxygens (including phenoxy) is 2. The molecule has 1 N–H and O–H groups in total. The lowest BCUT2D eigenvalue weighted by molar-refractivity contribution is -0.136. The molecule has 9 heteroatoms. The Labute approximate surface area is 160 Å². The average Bonchev–Trinajstić information content (AvgIpc) is 2.47. The van der Waals surface area contributed by atoms with Gasteiger partial charge in [-0.1, -0.05) is 34.8 Å². The molecule has 0 amide bonds. The first-order chi connectivity index (χ1) is 11.3. The fourth-order valence-electron chi connectivity index (χ4n) is 1.71. The predicted octanol–water partition coefficient (Wildman–Crippen LogP) is 5.09. The van der Waals surface area contributed by atoms with Crippen LogP contribution in [0.5, 0.6) is 11.5 Å². The number of hydrogen-bond acceptors (Lipinski definition) is 4. The van der Waals surface area contributed by atoms with Gasteiger partial charge >= 0.3 is 11.9 Å². The number of aromatic carboxylic acids is 1. The van der Waals surface area contributed by atoms with E-state index in [1.54, 1.807) is 6.07 Å². The van der Waals surface area contributed by atoms with Crippen LogP contribution in [0, 0.1) is 0 Å². The molecule has 0 aliphatic carbocycles. The van der Waals surface area contributed by atoms with Crippen molar-refractivity contribution in [2.45, 2.75) is 0 Å². The minimum atomic E-state index is -1.27. The summed E-state index contributed by atoms with van der Waals surface area (Å²) >= 11 is 20.7. The maximum Gasteiger partial charge on any atom is 0.349 e. The van der Waals surface area contributed by atoms with Crippen LogP contribution in [0.2, 0.25) is 15.1 Å². The van der Waals surface area contributed by atoms with Gasteiger partial charge in [0.25, 0.3) is 0 Å². The second-order valence-electron chi connectivity index (χ2n) is 4.41. The highest BCUT2D eigenvalue weighted by atomic mass is 79.9. The van der Waals surface area contributed by atoms with Crippen LogP contribution in [-0.2, 0) is 4.79 Å². The van der Waals surface area contributed by atoms with Crippen LogP contribution in [0.25, 0.3) is 0 Å². The van der Waals surface area contributed by atoms with Gasteiger partial charge in [0, 0.05) is 10.0 Å². The molecule has 126 valence electrons. The molecule has 0 radical (unpaired) electrons. The second kappa shape index (κ2) is 8.07. The molecule has 24 heavy (non-hydrogen) atoms. The fourth-order valence-corrected chi connectivity index (χ4v) is 3.25. The summed E-state index contributed by atoms with van der Waals surface area (Å²) in [5.41, 5.74) is -0.235. The number of rotatable bonds is 5. The van der Waals surface area contributed by atoms with E-state index in [2.05, 4.69) is 15.9 Å². The van der Waals surface area contributed by atoms with Crippen LogP contribution in [0.15, 0.2) is 34.8 Å². The molecule has 0 atom stereocenters. The largest absolute Gasteiger partial charge is 0.479 e. The van der Waals surface area contributed by atoms with Crippen LogP contribution in [-0.4, -0.2) is 23.7 Å². The van der Waals surface area contributed by atoms with Gasteiger partial charge in [0.05, 0.1) is 9.50 Å². The highest BCUT2D eigenvalue weighted by Gasteiger charge is 2.17. The second-order valence-corrected chi connectivity index (χ2v) is 6.54. The Hall–Kier alpha value is -1.47. The Morgan fingerprint density at radius 1 is 1.08 bits per heavy atom. The molecule has 0 aromatic heterocycles. The van der Waals surface area contributed by atoms with E-state index in [1.165, 1.54) is 24.3 Å². The SMILES string of the molecule is O=C(COc1c(Cl)cc(Cl)cc1Br)Oc1ccc(Cl)cc1C(=O)O. The number of carboxylic acids is 1. The van der Waals surface area contributed by atoms with Crippen molar-refractivity contribution in [1.29, 1.82) is 0 Å². The summed E-state index contributed by atoms with van der Waals surface area (Å²) in [5.74, 6) is -2.00. The molecular formula is C15H8BrCl3O5. The molecule has 0 heterocycles. The van der Waals surface area contributed by atoms with E-state index in [9.17, 15) is 9.59 Å². The maximum absolute atomic E-state index is 11.9. The number of carboxylic acid groups (broad SMARTS) is 1. The van der Waals surface area contributed by atoms with Crippen molar-refractivity contribution in [1.82, 2.24) is 0 Å².